The van der Waals surface area contributed by atoms with E-state index < -0.39 is 5.92 Å². The van der Waals surface area contributed by atoms with E-state index in [1.54, 1.807) is 19.1 Å². The van der Waals surface area contributed by atoms with E-state index in [9.17, 15) is 18.0 Å². The molecular weight excluding hydrogens is 255 g/mol. The number of aryl methyl sites for hydroxylation is 1. The van der Waals surface area contributed by atoms with Gasteiger partial charge in [-0.3, -0.25) is 4.79 Å². The Morgan fingerprint density at radius 1 is 1.42 bits per heavy atom. The summed E-state index contributed by atoms with van der Waals surface area (Å²) in [7, 11) is 0. The number of hydrogen-bond donors (Lipinski definition) is 1. The summed E-state index contributed by atoms with van der Waals surface area (Å²) in [5.74, 6) is -3.40. The predicted octanol–water partition coefficient (Wildman–Crippen LogP) is 3.19. The van der Waals surface area contributed by atoms with Gasteiger partial charge in [-0.05, 0) is 30.0 Å². The van der Waals surface area contributed by atoms with Crippen molar-refractivity contribution in [1.82, 2.24) is 5.32 Å². The Balaban J connectivity index is 1.76. The van der Waals surface area contributed by atoms with Gasteiger partial charge in [0.05, 0.1) is 0 Å². The molecule has 2 nitrogen and oxygen atoms in total. The first kappa shape index (κ1) is 13.9. The van der Waals surface area contributed by atoms with Crippen molar-refractivity contribution in [3.63, 3.8) is 0 Å². The average Bonchev–Trinajstić information content (AvgIpc) is 2.28. The quantitative estimate of drug-likeness (QED) is 0.895. The number of alkyl halides is 2. The maximum absolute atomic E-state index is 13.3. The topological polar surface area (TPSA) is 29.1 Å². The summed E-state index contributed by atoms with van der Waals surface area (Å²) < 4.78 is 38.5. The highest BCUT2D eigenvalue weighted by atomic mass is 19.3. The molecule has 1 aliphatic rings. The first-order valence-electron chi connectivity index (χ1n) is 6.25. The fourth-order valence-electron chi connectivity index (χ4n) is 2.21. The molecule has 2 rings (SSSR count). The highest BCUT2D eigenvalue weighted by Gasteiger charge is 2.45. The molecule has 5 heteroatoms. The zero-order valence-electron chi connectivity index (χ0n) is 10.7. The molecule has 104 valence electrons. The lowest BCUT2D eigenvalue weighted by atomic mass is 9.79. The van der Waals surface area contributed by atoms with Crippen LogP contribution in [0.4, 0.5) is 13.2 Å². The van der Waals surface area contributed by atoms with E-state index >= 15 is 0 Å². The molecule has 0 spiro atoms. The van der Waals surface area contributed by atoms with Crippen molar-refractivity contribution in [1.29, 1.82) is 0 Å². The maximum atomic E-state index is 13.3. The van der Waals surface area contributed by atoms with Gasteiger partial charge in [0.15, 0.2) is 0 Å². The van der Waals surface area contributed by atoms with Crippen LogP contribution in [0.1, 0.15) is 30.4 Å². The second kappa shape index (κ2) is 5.23. The third-order valence-corrected chi connectivity index (χ3v) is 3.37. The smallest absolute Gasteiger partial charge is 0.248 e. The Morgan fingerprint density at radius 3 is 2.68 bits per heavy atom. The number of halogens is 3. The number of amides is 1. The molecule has 0 aliphatic heterocycles. The molecule has 1 fully saturated rings. The van der Waals surface area contributed by atoms with Crippen LogP contribution in [0.2, 0.25) is 0 Å². The van der Waals surface area contributed by atoms with Crippen LogP contribution in [0.25, 0.3) is 0 Å². The van der Waals surface area contributed by atoms with Gasteiger partial charge in [-0.15, -0.1) is 0 Å². The standard InChI is InChI=1S/C14H16F3NO/c1-9-2-3-10(4-12(9)15)8-18-13(19)5-11-6-14(16,17)7-11/h2-4,11H,5-8H2,1H3,(H,18,19). The third-order valence-electron chi connectivity index (χ3n) is 3.37. The number of carbonyl (C=O) groups excluding carboxylic acids is 1. The molecule has 1 N–H and O–H groups in total. The van der Waals surface area contributed by atoms with Crippen LogP contribution >= 0.6 is 0 Å². The summed E-state index contributed by atoms with van der Waals surface area (Å²) in [6.07, 6.45) is -0.302. The normalized spacial score (nSPS) is 17.9. The van der Waals surface area contributed by atoms with Crippen molar-refractivity contribution < 1.29 is 18.0 Å². The Kier molecular flexibility index (Phi) is 3.83. The summed E-state index contributed by atoms with van der Waals surface area (Å²) >= 11 is 0. The Morgan fingerprint density at radius 2 is 2.11 bits per heavy atom. The summed E-state index contributed by atoms with van der Waals surface area (Å²) in [5, 5.41) is 2.62. The van der Waals surface area contributed by atoms with Gasteiger partial charge < -0.3 is 5.32 Å². The molecule has 0 aromatic heterocycles. The highest BCUT2D eigenvalue weighted by molar-refractivity contribution is 5.76. The molecule has 19 heavy (non-hydrogen) atoms. The summed E-state index contributed by atoms with van der Waals surface area (Å²) in [6, 6.07) is 4.74. The zero-order valence-corrected chi connectivity index (χ0v) is 10.7. The maximum Gasteiger partial charge on any atom is 0.248 e. The summed E-state index contributed by atoms with van der Waals surface area (Å²) in [6.45, 7) is 1.88. The van der Waals surface area contributed by atoms with Crippen molar-refractivity contribution in [2.75, 3.05) is 0 Å². The lowest BCUT2D eigenvalue weighted by molar-refractivity contribution is -0.133. The van der Waals surface area contributed by atoms with E-state index in [-0.39, 0.29) is 43.4 Å². The minimum absolute atomic E-state index is 0.115. The first-order valence-corrected chi connectivity index (χ1v) is 6.25. The monoisotopic (exact) mass is 271 g/mol. The van der Waals surface area contributed by atoms with Gasteiger partial charge in [-0.25, -0.2) is 13.2 Å². The summed E-state index contributed by atoms with van der Waals surface area (Å²) in [5.41, 5.74) is 1.21. The molecule has 0 radical (unpaired) electrons. The fourth-order valence-corrected chi connectivity index (χ4v) is 2.21. The molecular formula is C14H16F3NO. The van der Waals surface area contributed by atoms with E-state index in [1.807, 2.05) is 0 Å². The van der Waals surface area contributed by atoms with Gasteiger partial charge in [0.2, 0.25) is 11.8 Å². The van der Waals surface area contributed by atoms with E-state index in [2.05, 4.69) is 5.32 Å². The molecule has 1 aliphatic carbocycles. The second-order valence-electron chi connectivity index (χ2n) is 5.19. The largest absolute Gasteiger partial charge is 0.352 e. The van der Waals surface area contributed by atoms with Gasteiger partial charge in [0.25, 0.3) is 0 Å². The fraction of sp³-hybridized carbons (Fsp3) is 0.500. The predicted molar refractivity (Wildman–Crippen MR) is 65.3 cm³/mol. The van der Waals surface area contributed by atoms with Crippen molar-refractivity contribution in [3.8, 4) is 0 Å². The average molecular weight is 271 g/mol. The van der Waals surface area contributed by atoms with Crippen LogP contribution in [0.5, 0.6) is 0 Å². The van der Waals surface area contributed by atoms with Crippen molar-refractivity contribution in [2.24, 2.45) is 5.92 Å². The number of carbonyl (C=O) groups is 1. The Labute approximate surface area is 110 Å². The van der Waals surface area contributed by atoms with Crippen LogP contribution in [0.15, 0.2) is 18.2 Å². The molecule has 1 aromatic rings. The molecule has 0 bridgehead atoms. The number of benzene rings is 1. The number of hydrogen-bond acceptors (Lipinski definition) is 1. The van der Waals surface area contributed by atoms with Gasteiger partial charge in [-0.1, -0.05) is 12.1 Å². The highest BCUT2D eigenvalue weighted by Crippen LogP contribution is 2.43. The molecule has 0 saturated heterocycles. The summed E-state index contributed by atoms with van der Waals surface area (Å²) in [4.78, 5) is 11.5. The molecule has 1 aromatic carbocycles. The Bertz CT molecular complexity index is 480. The van der Waals surface area contributed by atoms with Crippen molar-refractivity contribution >= 4 is 5.91 Å². The van der Waals surface area contributed by atoms with Crippen molar-refractivity contribution in [2.45, 2.75) is 38.7 Å². The van der Waals surface area contributed by atoms with E-state index in [0.717, 1.165) is 0 Å². The zero-order chi connectivity index (χ0) is 14.0. The van der Waals surface area contributed by atoms with Crippen LogP contribution in [-0.2, 0) is 11.3 Å². The minimum atomic E-state index is -2.59. The lowest BCUT2D eigenvalue weighted by Gasteiger charge is -2.34. The molecule has 1 amide bonds. The number of rotatable bonds is 4. The SMILES string of the molecule is Cc1ccc(CNC(=O)CC2CC(F)(F)C2)cc1F. The molecule has 1 saturated carbocycles. The van der Waals surface area contributed by atoms with Gasteiger partial charge in [-0.2, -0.15) is 0 Å². The number of nitrogens with one attached hydrogen (secondary N) is 1. The van der Waals surface area contributed by atoms with E-state index in [4.69, 9.17) is 0 Å². The van der Waals surface area contributed by atoms with E-state index in [1.165, 1.54) is 6.07 Å². The van der Waals surface area contributed by atoms with Crippen LogP contribution < -0.4 is 5.32 Å². The Hall–Kier alpha value is -1.52. The molecule has 0 atom stereocenters. The molecule has 0 unspecified atom stereocenters. The van der Waals surface area contributed by atoms with Gasteiger partial charge in [0, 0.05) is 25.8 Å². The van der Waals surface area contributed by atoms with E-state index in [0.29, 0.717) is 11.1 Å². The van der Waals surface area contributed by atoms with Gasteiger partial charge >= 0.3 is 0 Å². The minimum Gasteiger partial charge on any atom is -0.352 e. The van der Waals surface area contributed by atoms with Gasteiger partial charge in [0.1, 0.15) is 5.82 Å². The third kappa shape index (κ3) is 3.72. The van der Waals surface area contributed by atoms with Crippen LogP contribution in [0.3, 0.4) is 0 Å². The lowest BCUT2D eigenvalue weighted by Crippen LogP contribution is -2.38. The molecule has 0 heterocycles. The first-order chi connectivity index (χ1) is 8.85. The van der Waals surface area contributed by atoms with Crippen molar-refractivity contribution in [3.05, 3.63) is 35.1 Å². The second-order valence-corrected chi connectivity index (χ2v) is 5.19. The van der Waals surface area contributed by atoms with Crippen LogP contribution in [-0.4, -0.2) is 11.8 Å². The van der Waals surface area contributed by atoms with Crippen LogP contribution in [0, 0.1) is 18.7 Å².